The maximum absolute atomic E-state index is 12.2. The van der Waals surface area contributed by atoms with E-state index in [4.69, 9.17) is 16.3 Å². The molecule has 0 N–H and O–H groups in total. The molecule has 0 aromatic heterocycles. The number of nitrogens with zero attached hydrogens (tertiary/aromatic N) is 1. The third-order valence-corrected chi connectivity index (χ3v) is 3.56. The summed E-state index contributed by atoms with van der Waals surface area (Å²) in [6.45, 7) is 8.88. The van der Waals surface area contributed by atoms with Crippen molar-refractivity contribution in [3.63, 3.8) is 0 Å². The van der Waals surface area contributed by atoms with Gasteiger partial charge >= 0.3 is 6.09 Å². The van der Waals surface area contributed by atoms with Crippen LogP contribution < -0.4 is 0 Å². The number of amides is 1. The van der Waals surface area contributed by atoms with Crippen LogP contribution >= 0.6 is 11.6 Å². The highest BCUT2D eigenvalue weighted by Crippen LogP contribution is 2.30. The van der Waals surface area contributed by atoms with E-state index in [1.165, 1.54) is 4.90 Å². The summed E-state index contributed by atoms with van der Waals surface area (Å²) in [6.07, 6.45) is 0.194. The first-order chi connectivity index (χ1) is 9.51. The quantitative estimate of drug-likeness (QED) is 0.795. The van der Waals surface area contributed by atoms with E-state index in [1.807, 2.05) is 6.92 Å². The number of hydrogen-bond donors (Lipinski definition) is 0. The lowest BCUT2D eigenvalue weighted by Crippen LogP contribution is -2.48. The number of hydrogen-bond acceptors (Lipinski definition) is 3. The molecule has 1 aromatic carbocycles. The lowest BCUT2D eigenvalue weighted by molar-refractivity contribution is -0.117. The van der Waals surface area contributed by atoms with Crippen molar-refractivity contribution in [2.24, 2.45) is 0 Å². The van der Waals surface area contributed by atoms with Crippen molar-refractivity contribution in [2.75, 3.05) is 7.05 Å². The lowest BCUT2D eigenvalue weighted by atomic mass is 9.89. The number of benzene rings is 1. The highest BCUT2D eigenvalue weighted by Gasteiger charge is 2.37. The fourth-order valence-electron chi connectivity index (χ4n) is 2.04. The molecule has 1 unspecified atom stereocenters. The molecule has 1 atom stereocenters. The average Bonchev–Trinajstić information content (AvgIpc) is 2.34. The molecule has 0 bridgehead atoms. The van der Waals surface area contributed by atoms with Crippen molar-refractivity contribution in [2.45, 2.75) is 45.8 Å². The zero-order chi connectivity index (χ0) is 16.4. The van der Waals surface area contributed by atoms with Crippen molar-refractivity contribution < 1.29 is 14.3 Å². The van der Waals surface area contributed by atoms with E-state index in [1.54, 1.807) is 52.9 Å². The zero-order valence-electron chi connectivity index (χ0n) is 13.4. The number of ether oxygens (including phenoxy) is 1. The van der Waals surface area contributed by atoms with Gasteiger partial charge in [0.15, 0.2) is 0 Å². The monoisotopic (exact) mass is 311 g/mol. The van der Waals surface area contributed by atoms with E-state index in [9.17, 15) is 9.59 Å². The van der Waals surface area contributed by atoms with Gasteiger partial charge in [0.1, 0.15) is 17.4 Å². The number of carbonyl (C=O) groups excluding carboxylic acids is 2. The first kappa shape index (κ1) is 17.5. The fourth-order valence-corrected chi connectivity index (χ4v) is 2.26. The zero-order valence-corrected chi connectivity index (χ0v) is 14.1. The van der Waals surface area contributed by atoms with Gasteiger partial charge in [-0.25, -0.2) is 4.79 Å². The lowest BCUT2D eigenvalue weighted by Gasteiger charge is -2.36. The molecule has 0 heterocycles. The maximum Gasteiger partial charge on any atom is 0.411 e. The molecule has 0 fully saturated rings. The highest BCUT2D eigenvalue weighted by atomic mass is 35.5. The molecule has 1 rings (SSSR count). The Morgan fingerprint density at radius 2 is 1.86 bits per heavy atom. The van der Waals surface area contributed by atoms with Crippen LogP contribution in [0.15, 0.2) is 18.2 Å². The molecule has 21 heavy (non-hydrogen) atoms. The van der Waals surface area contributed by atoms with E-state index in [0.717, 1.165) is 17.4 Å². The second-order valence-corrected chi connectivity index (χ2v) is 6.70. The molecule has 1 aromatic rings. The van der Waals surface area contributed by atoms with Gasteiger partial charge in [0.25, 0.3) is 0 Å². The van der Waals surface area contributed by atoms with Crippen LogP contribution in [-0.2, 0) is 15.1 Å². The molecule has 0 spiro atoms. The van der Waals surface area contributed by atoms with Crippen molar-refractivity contribution in [1.82, 2.24) is 4.90 Å². The first-order valence-corrected chi connectivity index (χ1v) is 7.09. The predicted octanol–water partition coefficient (Wildman–Crippen LogP) is 3.93. The van der Waals surface area contributed by atoms with Crippen molar-refractivity contribution in [1.29, 1.82) is 0 Å². The Kier molecular flexibility index (Phi) is 5.05. The molecule has 0 aliphatic rings. The van der Waals surface area contributed by atoms with Crippen LogP contribution in [0.2, 0.25) is 5.02 Å². The van der Waals surface area contributed by atoms with Gasteiger partial charge in [0.05, 0.1) is 0 Å². The summed E-state index contributed by atoms with van der Waals surface area (Å²) in [5.41, 5.74) is -0.177. The molecular weight excluding hydrogens is 290 g/mol. The van der Waals surface area contributed by atoms with Gasteiger partial charge in [-0.15, -0.1) is 0 Å². The molecule has 0 saturated heterocycles. The number of carbonyl (C=O) groups is 2. The smallest absolute Gasteiger partial charge is 0.411 e. The van der Waals surface area contributed by atoms with Crippen molar-refractivity contribution >= 4 is 24.0 Å². The summed E-state index contributed by atoms with van der Waals surface area (Å²) in [6, 6.07) is 5.23. The Bertz CT molecular complexity index is 551. The number of halogens is 1. The van der Waals surface area contributed by atoms with Crippen LogP contribution in [0, 0.1) is 6.92 Å². The van der Waals surface area contributed by atoms with Gasteiger partial charge in [0, 0.05) is 12.1 Å². The maximum atomic E-state index is 12.2. The van der Waals surface area contributed by atoms with E-state index in [2.05, 4.69) is 0 Å². The number of aryl methyl sites for hydroxylation is 1. The Morgan fingerprint density at radius 1 is 1.29 bits per heavy atom. The largest absolute Gasteiger partial charge is 0.444 e. The topological polar surface area (TPSA) is 46.6 Å². The standard InChI is InChI=1S/C16H22ClNO3/c1-11-9-12(17)7-8-13(11)16(5,10-19)18(6)14(20)21-15(2,3)4/h7-10H,1-6H3. The summed E-state index contributed by atoms with van der Waals surface area (Å²) in [7, 11) is 1.55. The van der Waals surface area contributed by atoms with Gasteiger partial charge in [-0.05, 0) is 57.9 Å². The molecule has 0 aliphatic heterocycles. The van der Waals surface area contributed by atoms with Gasteiger partial charge in [0.2, 0.25) is 0 Å². The molecule has 5 heteroatoms. The van der Waals surface area contributed by atoms with Crippen LogP contribution in [0.4, 0.5) is 4.79 Å². The average molecular weight is 312 g/mol. The minimum Gasteiger partial charge on any atom is -0.444 e. The SMILES string of the molecule is Cc1cc(Cl)ccc1C(C)(C=O)N(C)C(=O)OC(C)(C)C. The van der Waals surface area contributed by atoms with Crippen LogP contribution in [0.1, 0.15) is 38.8 Å². The summed E-state index contributed by atoms with van der Waals surface area (Å²) < 4.78 is 5.33. The van der Waals surface area contributed by atoms with Crippen LogP contribution in [0.5, 0.6) is 0 Å². The summed E-state index contributed by atoms with van der Waals surface area (Å²) in [4.78, 5) is 25.2. The van der Waals surface area contributed by atoms with Gasteiger partial charge < -0.3 is 9.53 Å². The van der Waals surface area contributed by atoms with Crippen molar-refractivity contribution in [3.8, 4) is 0 Å². The molecule has 0 radical (unpaired) electrons. The van der Waals surface area contributed by atoms with E-state index in [-0.39, 0.29) is 0 Å². The van der Waals surface area contributed by atoms with E-state index < -0.39 is 17.2 Å². The Labute approximate surface area is 131 Å². The molecule has 0 saturated carbocycles. The second-order valence-electron chi connectivity index (χ2n) is 6.26. The Hall–Kier alpha value is -1.55. The van der Waals surface area contributed by atoms with Gasteiger partial charge in [-0.2, -0.15) is 0 Å². The molecular formula is C16H22ClNO3. The molecule has 4 nitrogen and oxygen atoms in total. The third-order valence-electron chi connectivity index (χ3n) is 3.33. The molecule has 0 aliphatic carbocycles. The second kappa shape index (κ2) is 6.06. The minimum atomic E-state index is -1.11. The van der Waals surface area contributed by atoms with E-state index in [0.29, 0.717) is 5.02 Å². The number of rotatable bonds is 3. The summed E-state index contributed by atoms with van der Waals surface area (Å²) >= 11 is 5.95. The minimum absolute atomic E-state index is 0.550. The van der Waals surface area contributed by atoms with Crippen molar-refractivity contribution in [3.05, 3.63) is 34.3 Å². The number of aldehydes is 1. The fraction of sp³-hybridized carbons (Fsp3) is 0.500. The van der Waals surface area contributed by atoms with Gasteiger partial charge in [-0.3, -0.25) is 4.90 Å². The summed E-state index contributed by atoms with van der Waals surface area (Å²) in [5.74, 6) is 0. The summed E-state index contributed by atoms with van der Waals surface area (Å²) in [5, 5.41) is 0.587. The van der Waals surface area contributed by atoms with Crippen LogP contribution in [0.25, 0.3) is 0 Å². The van der Waals surface area contributed by atoms with Crippen LogP contribution in [0.3, 0.4) is 0 Å². The van der Waals surface area contributed by atoms with Crippen LogP contribution in [-0.4, -0.2) is 29.9 Å². The Balaban J connectivity index is 3.20. The third kappa shape index (κ3) is 3.97. The Morgan fingerprint density at radius 3 is 2.29 bits per heavy atom. The first-order valence-electron chi connectivity index (χ1n) is 6.71. The predicted molar refractivity (Wildman–Crippen MR) is 83.6 cm³/mol. The molecule has 1 amide bonds. The molecule has 116 valence electrons. The van der Waals surface area contributed by atoms with Gasteiger partial charge in [-0.1, -0.05) is 17.7 Å². The number of likely N-dealkylation sites (N-methyl/N-ethyl adjacent to an activating group) is 1. The normalized spacial score (nSPS) is 14.2. The highest BCUT2D eigenvalue weighted by molar-refractivity contribution is 6.30. The van der Waals surface area contributed by atoms with E-state index >= 15 is 0 Å².